The Labute approximate surface area is 60.2 Å². The second-order valence-corrected chi connectivity index (χ2v) is 3.03. The number of Topliss-reactive ketones (excluding diaryl/α,β-unsaturated/α-hetero) is 1. The second kappa shape index (κ2) is 2.32. The van der Waals surface area contributed by atoms with Crippen LogP contribution in [0.4, 0.5) is 0 Å². The third kappa shape index (κ3) is 0.859. The number of rotatable bonds is 0. The van der Waals surface area contributed by atoms with Crippen LogP contribution in [0.1, 0.15) is 19.3 Å². The van der Waals surface area contributed by atoms with Crippen molar-refractivity contribution >= 4 is 5.78 Å². The van der Waals surface area contributed by atoms with Gasteiger partial charge in [0.05, 0.1) is 6.04 Å². The second-order valence-electron chi connectivity index (χ2n) is 3.03. The zero-order chi connectivity index (χ0) is 6.97. The van der Waals surface area contributed by atoms with Crippen molar-refractivity contribution in [1.29, 1.82) is 0 Å². The van der Waals surface area contributed by atoms with Crippen molar-refractivity contribution in [3.05, 3.63) is 0 Å². The van der Waals surface area contributed by atoms with Crippen molar-refractivity contribution in [2.45, 2.75) is 31.3 Å². The van der Waals surface area contributed by atoms with E-state index >= 15 is 0 Å². The van der Waals surface area contributed by atoms with Gasteiger partial charge in [-0.25, -0.2) is 0 Å². The van der Waals surface area contributed by atoms with Crippen LogP contribution in [0, 0.1) is 0 Å². The lowest BCUT2D eigenvalue weighted by Gasteiger charge is -2.22. The molecule has 0 aromatic rings. The average Bonchev–Trinajstić information content (AvgIpc) is 2.36. The van der Waals surface area contributed by atoms with Crippen molar-refractivity contribution in [1.82, 2.24) is 10.6 Å². The summed E-state index contributed by atoms with van der Waals surface area (Å²) < 4.78 is 0. The molecular weight excluding hydrogens is 128 g/mol. The minimum atomic E-state index is 0.133. The van der Waals surface area contributed by atoms with Crippen molar-refractivity contribution < 1.29 is 4.79 Å². The van der Waals surface area contributed by atoms with Gasteiger partial charge in [-0.1, -0.05) is 0 Å². The van der Waals surface area contributed by atoms with Crippen LogP contribution in [0.15, 0.2) is 0 Å². The minimum Gasteiger partial charge on any atom is -0.300 e. The molecule has 2 fully saturated rings. The highest BCUT2D eigenvalue weighted by atomic mass is 16.1. The van der Waals surface area contributed by atoms with Gasteiger partial charge in [0.1, 0.15) is 0 Å². The first-order valence-corrected chi connectivity index (χ1v) is 3.87. The summed E-state index contributed by atoms with van der Waals surface area (Å²) in [5.41, 5.74) is 0. The molecule has 0 aromatic carbocycles. The van der Waals surface area contributed by atoms with Crippen LogP contribution in [0.2, 0.25) is 0 Å². The number of carbonyl (C=O) groups excluding carboxylic acids is 1. The standard InChI is InChI=1S/C7H12N2O/c10-6-3-1-2-5-7(6)9-4-8-5/h5,7-9H,1-4H2. The largest absolute Gasteiger partial charge is 0.300 e. The molecule has 1 saturated heterocycles. The summed E-state index contributed by atoms with van der Waals surface area (Å²) in [6.07, 6.45) is 2.99. The number of hydrogen-bond donors (Lipinski definition) is 2. The summed E-state index contributed by atoms with van der Waals surface area (Å²) in [5.74, 6) is 0.390. The first-order valence-electron chi connectivity index (χ1n) is 3.87. The maximum absolute atomic E-state index is 11.2. The number of ketones is 1. The summed E-state index contributed by atoms with van der Waals surface area (Å²) in [5, 5.41) is 6.40. The number of hydrogen-bond acceptors (Lipinski definition) is 3. The molecule has 1 heterocycles. The molecule has 0 amide bonds. The Morgan fingerprint density at radius 2 is 2.30 bits per heavy atom. The third-order valence-electron chi connectivity index (χ3n) is 2.37. The van der Waals surface area contributed by atoms with E-state index in [4.69, 9.17) is 0 Å². The molecule has 2 N–H and O–H groups in total. The Hall–Kier alpha value is -0.410. The fraction of sp³-hybridized carbons (Fsp3) is 0.857. The van der Waals surface area contributed by atoms with Crippen LogP contribution >= 0.6 is 0 Å². The minimum absolute atomic E-state index is 0.133. The highest BCUT2D eigenvalue weighted by Gasteiger charge is 2.34. The van der Waals surface area contributed by atoms with Gasteiger partial charge in [-0.05, 0) is 12.8 Å². The van der Waals surface area contributed by atoms with Crippen LogP contribution in [0.3, 0.4) is 0 Å². The molecule has 2 rings (SSSR count). The highest BCUT2D eigenvalue weighted by Crippen LogP contribution is 2.17. The Kier molecular flexibility index (Phi) is 1.47. The quantitative estimate of drug-likeness (QED) is 0.482. The molecule has 0 bridgehead atoms. The van der Waals surface area contributed by atoms with Gasteiger partial charge in [0.25, 0.3) is 0 Å². The van der Waals surface area contributed by atoms with Crippen LogP contribution < -0.4 is 10.6 Å². The summed E-state index contributed by atoms with van der Waals surface area (Å²) in [7, 11) is 0. The molecule has 10 heavy (non-hydrogen) atoms. The topological polar surface area (TPSA) is 41.1 Å². The van der Waals surface area contributed by atoms with Gasteiger partial charge < -0.3 is 0 Å². The predicted octanol–water partition coefficient (Wildman–Crippen LogP) is -0.373. The third-order valence-corrected chi connectivity index (χ3v) is 2.37. The summed E-state index contributed by atoms with van der Waals surface area (Å²) in [6, 6.07) is 0.565. The smallest absolute Gasteiger partial charge is 0.151 e. The molecule has 3 heteroatoms. The van der Waals surface area contributed by atoms with Gasteiger partial charge in [0.15, 0.2) is 5.78 Å². The van der Waals surface area contributed by atoms with E-state index in [9.17, 15) is 4.79 Å². The molecular formula is C7H12N2O. The van der Waals surface area contributed by atoms with E-state index in [1.54, 1.807) is 0 Å². The number of nitrogens with one attached hydrogen (secondary N) is 2. The lowest BCUT2D eigenvalue weighted by atomic mass is 9.91. The van der Waals surface area contributed by atoms with E-state index in [0.29, 0.717) is 11.8 Å². The van der Waals surface area contributed by atoms with Gasteiger partial charge in [-0.15, -0.1) is 0 Å². The van der Waals surface area contributed by atoms with E-state index in [1.807, 2.05) is 0 Å². The van der Waals surface area contributed by atoms with Gasteiger partial charge in [0, 0.05) is 19.1 Å². The fourth-order valence-corrected chi connectivity index (χ4v) is 1.82. The molecule has 2 unspecified atom stereocenters. The first kappa shape index (κ1) is 6.31. The summed E-state index contributed by atoms with van der Waals surface area (Å²) in [4.78, 5) is 11.2. The monoisotopic (exact) mass is 140 g/mol. The molecule has 0 spiro atoms. The van der Waals surface area contributed by atoms with Crippen LogP contribution in [0.25, 0.3) is 0 Å². The summed E-state index contributed by atoms with van der Waals surface area (Å²) in [6.45, 7) is 0.807. The molecule has 1 aliphatic heterocycles. The Morgan fingerprint density at radius 3 is 3.10 bits per heavy atom. The molecule has 0 aromatic heterocycles. The van der Waals surface area contributed by atoms with E-state index in [-0.39, 0.29) is 6.04 Å². The van der Waals surface area contributed by atoms with Crippen molar-refractivity contribution in [3.63, 3.8) is 0 Å². The zero-order valence-corrected chi connectivity index (χ0v) is 5.89. The Bertz CT molecular complexity index is 158. The average molecular weight is 140 g/mol. The molecule has 2 atom stereocenters. The SMILES string of the molecule is O=C1CCCC2NCNC12. The highest BCUT2D eigenvalue weighted by molar-refractivity contribution is 5.85. The molecule has 2 aliphatic rings. The van der Waals surface area contributed by atoms with Gasteiger partial charge in [-0.3, -0.25) is 15.4 Å². The maximum Gasteiger partial charge on any atom is 0.151 e. The zero-order valence-electron chi connectivity index (χ0n) is 5.89. The van der Waals surface area contributed by atoms with Crippen molar-refractivity contribution in [2.75, 3.05) is 6.67 Å². The Balaban J connectivity index is 2.10. The molecule has 56 valence electrons. The van der Waals surface area contributed by atoms with E-state index in [0.717, 1.165) is 25.9 Å². The molecule has 1 saturated carbocycles. The van der Waals surface area contributed by atoms with Gasteiger partial charge in [0.2, 0.25) is 0 Å². The van der Waals surface area contributed by atoms with Gasteiger partial charge >= 0.3 is 0 Å². The molecule has 1 aliphatic carbocycles. The lowest BCUT2D eigenvalue weighted by molar-refractivity contribution is -0.122. The predicted molar refractivity (Wildman–Crippen MR) is 37.6 cm³/mol. The normalized spacial score (nSPS) is 39.8. The van der Waals surface area contributed by atoms with Gasteiger partial charge in [-0.2, -0.15) is 0 Å². The lowest BCUT2D eigenvalue weighted by Crippen LogP contribution is -2.43. The first-order chi connectivity index (χ1) is 4.88. The molecule has 3 nitrogen and oxygen atoms in total. The summed E-state index contributed by atoms with van der Waals surface area (Å²) >= 11 is 0. The van der Waals surface area contributed by atoms with Crippen LogP contribution in [-0.2, 0) is 4.79 Å². The fourth-order valence-electron chi connectivity index (χ4n) is 1.82. The van der Waals surface area contributed by atoms with E-state index < -0.39 is 0 Å². The maximum atomic E-state index is 11.2. The Morgan fingerprint density at radius 1 is 1.40 bits per heavy atom. The van der Waals surface area contributed by atoms with Crippen LogP contribution in [-0.4, -0.2) is 24.5 Å². The van der Waals surface area contributed by atoms with E-state index in [2.05, 4.69) is 10.6 Å². The molecule has 0 radical (unpaired) electrons. The number of fused-ring (bicyclic) bond motifs is 1. The van der Waals surface area contributed by atoms with Crippen molar-refractivity contribution in [3.8, 4) is 0 Å². The van der Waals surface area contributed by atoms with E-state index in [1.165, 1.54) is 0 Å². The van der Waals surface area contributed by atoms with Crippen molar-refractivity contribution in [2.24, 2.45) is 0 Å². The van der Waals surface area contributed by atoms with Crippen LogP contribution in [0.5, 0.6) is 0 Å². The number of carbonyl (C=O) groups is 1.